The first-order chi connectivity index (χ1) is 9.61. The maximum Gasteiger partial charge on any atom is 0.335 e. The third-order valence-electron chi connectivity index (χ3n) is 3.17. The highest BCUT2D eigenvalue weighted by molar-refractivity contribution is 7.89. The van der Waals surface area contributed by atoms with E-state index in [0.29, 0.717) is 17.7 Å². The molecule has 6 heteroatoms. The van der Waals surface area contributed by atoms with Gasteiger partial charge in [0.1, 0.15) is 0 Å². The molecule has 0 radical (unpaired) electrons. The summed E-state index contributed by atoms with van der Waals surface area (Å²) in [7, 11) is -3.74. The van der Waals surface area contributed by atoms with E-state index in [0.717, 1.165) is 5.57 Å². The van der Waals surface area contributed by atoms with Crippen LogP contribution in [0.4, 0.5) is 0 Å². The average Bonchev–Trinajstić information content (AvgIpc) is 2.34. The standard InChI is InChI=1S/C15H21NO4S/c1-6-16(9-10(2)3)21(19,20)14-8-13(15(17)18)11(4)7-12(14)5/h7-8H,2,6,9H2,1,3-5H3,(H,17,18). The number of hydrogen-bond acceptors (Lipinski definition) is 3. The summed E-state index contributed by atoms with van der Waals surface area (Å²) in [6, 6.07) is 2.83. The van der Waals surface area contributed by atoms with Crippen molar-refractivity contribution in [2.24, 2.45) is 0 Å². The number of carboxylic acids is 1. The highest BCUT2D eigenvalue weighted by Crippen LogP contribution is 2.24. The highest BCUT2D eigenvalue weighted by atomic mass is 32.2. The van der Waals surface area contributed by atoms with Gasteiger partial charge in [-0.2, -0.15) is 4.31 Å². The van der Waals surface area contributed by atoms with Crippen molar-refractivity contribution in [3.63, 3.8) is 0 Å². The van der Waals surface area contributed by atoms with E-state index in [-0.39, 0.29) is 17.0 Å². The zero-order chi connectivity index (χ0) is 16.4. The largest absolute Gasteiger partial charge is 0.478 e. The van der Waals surface area contributed by atoms with Gasteiger partial charge >= 0.3 is 5.97 Å². The van der Waals surface area contributed by atoms with Crippen LogP contribution < -0.4 is 0 Å². The van der Waals surface area contributed by atoms with Gasteiger partial charge in [-0.05, 0) is 38.0 Å². The SMILES string of the molecule is C=C(C)CN(CC)S(=O)(=O)c1cc(C(=O)O)c(C)cc1C. The summed E-state index contributed by atoms with van der Waals surface area (Å²) >= 11 is 0. The summed E-state index contributed by atoms with van der Waals surface area (Å²) in [6.07, 6.45) is 0. The van der Waals surface area contributed by atoms with E-state index in [4.69, 9.17) is 5.11 Å². The number of carboxylic acid groups (broad SMARTS) is 1. The normalized spacial score (nSPS) is 11.7. The summed E-state index contributed by atoms with van der Waals surface area (Å²) in [6.45, 7) is 11.1. The molecule has 1 aromatic rings. The molecule has 0 bridgehead atoms. The molecule has 1 aromatic carbocycles. The minimum absolute atomic E-state index is 0.00514. The third-order valence-corrected chi connectivity index (χ3v) is 5.23. The Morgan fingerprint density at radius 1 is 1.29 bits per heavy atom. The first kappa shape index (κ1) is 17.4. The minimum Gasteiger partial charge on any atom is -0.478 e. The van der Waals surface area contributed by atoms with E-state index in [2.05, 4.69) is 6.58 Å². The molecule has 1 rings (SSSR count). The second kappa shape index (κ2) is 6.41. The Balaban J connectivity index is 3.46. The van der Waals surface area contributed by atoms with Crippen molar-refractivity contribution in [2.45, 2.75) is 32.6 Å². The van der Waals surface area contributed by atoms with Crippen molar-refractivity contribution in [3.8, 4) is 0 Å². The molecule has 21 heavy (non-hydrogen) atoms. The molecule has 116 valence electrons. The smallest absolute Gasteiger partial charge is 0.335 e. The van der Waals surface area contributed by atoms with Gasteiger partial charge in [-0.25, -0.2) is 13.2 Å². The molecular weight excluding hydrogens is 290 g/mol. The number of likely N-dealkylation sites (N-methyl/N-ethyl adjacent to an activating group) is 1. The quantitative estimate of drug-likeness (QED) is 0.819. The zero-order valence-electron chi connectivity index (χ0n) is 12.8. The molecule has 0 aromatic heterocycles. The van der Waals surface area contributed by atoms with Crippen molar-refractivity contribution >= 4 is 16.0 Å². The molecule has 5 nitrogen and oxygen atoms in total. The van der Waals surface area contributed by atoms with Gasteiger partial charge in [0.05, 0.1) is 10.5 Å². The monoisotopic (exact) mass is 311 g/mol. The predicted octanol–water partition coefficient (Wildman–Crippen LogP) is 2.59. The van der Waals surface area contributed by atoms with Crippen LogP contribution in [0.5, 0.6) is 0 Å². The van der Waals surface area contributed by atoms with Gasteiger partial charge in [-0.3, -0.25) is 0 Å². The molecule has 0 aliphatic rings. The van der Waals surface area contributed by atoms with E-state index < -0.39 is 16.0 Å². The fourth-order valence-electron chi connectivity index (χ4n) is 2.15. The Morgan fingerprint density at radius 2 is 1.86 bits per heavy atom. The molecule has 0 fully saturated rings. The van der Waals surface area contributed by atoms with Gasteiger partial charge in [0.15, 0.2) is 0 Å². The lowest BCUT2D eigenvalue weighted by Gasteiger charge is -2.22. The van der Waals surface area contributed by atoms with Gasteiger partial charge in [0, 0.05) is 13.1 Å². The molecule has 0 spiro atoms. The molecule has 0 amide bonds. The molecule has 0 aliphatic heterocycles. The number of nitrogens with zero attached hydrogens (tertiary/aromatic N) is 1. The number of aryl methyl sites for hydroxylation is 2. The second-order valence-corrected chi connectivity index (χ2v) is 7.03. The summed E-state index contributed by atoms with van der Waals surface area (Å²) in [5.41, 5.74) is 1.81. The van der Waals surface area contributed by atoms with Crippen LogP contribution in [0.2, 0.25) is 0 Å². The van der Waals surface area contributed by atoms with Crippen molar-refractivity contribution in [1.82, 2.24) is 4.31 Å². The molecule has 0 aliphatic carbocycles. The molecule has 0 unspecified atom stereocenters. The number of rotatable bonds is 6. The van der Waals surface area contributed by atoms with Crippen LogP contribution >= 0.6 is 0 Å². The summed E-state index contributed by atoms with van der Waals surface area (Å²) in [4.78, 5) is 11.2. The lowest BCUT2D eigenvalue weighted by molar-refractivity contribution is 0.0696. The van der Waals surface area contributed by atoms with E-state index in [1.165, 1.54) is 10.4 Å². The molecule has 0 atom stereocenters. The first-order valence-electron chi connectivity index (χ1n) is 6.60. The van der Waals surface area contributed by atoms with Crippen molar-refractivity contribution in [3.05, 3.63) is 41.0 Å². The fourth-order valence-corrected chi connectivity index (χ4v) is 3.89. The van der Waals surface area contributed by atoms with Crippen molar-refractivity contribution < 1.29 is 18.3 Å². The fraction of sp³-hybridized carbons (Fsp3) is 0.400. The second-order valence-electron chi connectivity index (χ2n) is 5.13. The van der Waals surface area contributed by atoms with Gasteiger partial charge in [-0.1, -0.05) is 25.1 Å². The van der Waals surface area contributed by atoms with Crippen molar-refractivity contribution in [2.75, 3.05) is 13.1 Å². The van der Waals surface area contributed by atoms with Crippen LogP contribution in [0.3, 0.4) is 0 Å². The van der Waals surface area contributed by atoms with Gasteiger partial charge in [-0.15, -0.1) is 0 Å². The number of benzene rings is 1. The van der Waals surface area contributed by atoms with E-state index >= 15 is 0 Å². The van der Waals surface area contributed by atoms with Crippen LogP contribution in [-0.4, -0.2) is 36.9 Å². The Hall–Kier alpha value is -1.66. The number of sulfonamides is 1. The zero-order valence-corrected chi connectivity index (χ0v) is 13.6. The Labute approximate surface area is 126 Å². The molecule has 0 heterocycles. The highest BCUT2D eigenvalue weighted by Gasteiger charge is 2.26. The van der Waals surface area contributed by atoms with Crippen LogP contribution in [0.15, 0.2) is 29.2 Å². The third kappa shape index (κ3) is 3.71. The lowest BCUT2D eigenvalue weighted by Crippen LogP contribution is -2.33. The Kier molecular flexibility index (Phi) is 5.31. The lowest BCUT2D eigenvalue weighted by atomic mass is 10.1. The van der Waals surface area contributed by atoms with Crippen molar-refractivity contribution in [1.29, 1.82) is 0 Å². The number of hydrogen-bond donors (Lipinski definition) is 1. The maximum atomic E-state index is 12.7. The summed E-state index contributed by atoms with van der Waals surface area (Å²) in [5.74, 6) is -1.13. The first-order valence-corrected chi connectivity index (χ1v) is 8.04. The molecule has 1 N–H and O–H groups in total. The van der Waals surface area contributed by atoms with E-state index in [9.17, 15) is 13.2 Å². The Bertz CT molecular complexity index is 677. The molecular formula is C15H21NO4S. The topological polar surface area (TPSA) is 74.7 Å². The Morgan fingerprint density at radius 3 is 2.29 bits per heavy atom. The maximum absolute atomic E-state index is 12.7. The number of aromatic carboxylic acids is 1. The van der Waals surface area contributed by atoms with Crippen LogP contribution in [0, 0.1) is 13.8 Å². The average molecular weight is 311 g/mol. The minimum atomic E-state index is -3.74. The van der Waals surface area contributed by atoms with Gasteiger partial charge in [0.25, 0.3) is 0 Å². The number of carbonyl (C=O) groups is 1. The van der Waals surface area contributed by atoms with Crippen LogP contribution in [-0.2, 0) is 10.0 Å². The van der Waals surface area contributed by atoms with E-state index in [1.54, 1.807) is 33.8 Å². The summed E-state index contributed by atoms with van der Waals surface area (Å²) < 4.78 is 26.7. The van der Waals surface area contributed by atoms with Crippen LogP contribution in [0.25, 0.3) is 0 Å². The van der Waals surface area contributed by atoms with Gasteiger partial charge < -0.3 is 5.11 Å². The van der Waals surface area contributed by atoms with Gasteiger partial charge in [0.2, 0.25) is 10.0 Å². The summed E-state index contributed by atoms with van der Waals surface area (Å²) in [5, 5.41) is 9.17. The molecule has 0 saturated carbocycles. The molecule has 0 saturated heterocycles. The van der Waals surface area contributed by atoms with Crippen LogP contribution in [0.1, 0.15) is 35.3 Å². The van der Waals surface area contributed by atoms with E-state index in [1.807, 2.05) is 0 Å². The predicted molar refractivity (Wildman–Crippen MR) is 82.1 cm³/mol.